The lowest BCUT2D eigenvalue weighted by Crippen LogP contribution is -2.51. The molecule has 2 atom stereocenters. The van der Waals surface area contributed by atoms with Gasteiger partial charge in [-0.1, -0.05) is 24.3 Å². The normalized spacial score (nSPS) is 24.1. The minimum atomic E-state index is -0.321. The van der Waals surface area contributed by atoms with Gasteiger partial charge in [0.25, 0.3) is 0 Å². The maximum Gasteiger partial charge on any atom is 0.314 e. The number of aliphatic imine (C=N–C) groups is 1. The average Bonchev–Trinajstić information content (AvgIpc) is 3.35. The molecule has 6 heteroatoms. The Morgan fingerprint density at radius 2 is 2.00 bits per heavy atom. The number of aryl methyl sites for hydroxylation is 1. The number of benzene rings is 1. The third-order valence-electron chi connectivity index (χ3n) is 5.16. The Bertz CT molecular complexity index is 636. The molecule has 2 amide bonds. The van der Waals surface area contributed by atoms with Gasteiger partial charge in [-0.3, -0.25) is 4.99 Å². The number of urea groups is 1. The smallest absolute Gasteiger partial charge is 0.314 e. The molecule has 25 heavy (non-hydrogen) atoms. The second-order valence-electron chi connectivity index (χ2n) is 7.02. The molecular formula is C19H29N5O. The summed E-state index contributed by atoms with van der Waals surface area (Å²) in [6.07, 6.45) is 2.95. The number of hydrogen-bond donors (Lipinski definition) is 3. The Balaban J connectivity index is 1.53. The highest BCUT2D eigenvalue weighted by molar-refractivity contribution is 5.81. The van der Waals surface area contributed by atoms with Crippen LogP contribution in [0.2, 0.25) is 0 Å². The van der Waals surface area contributed by atoms with Crippen LogP contribution in [0.4, 0.5) is 4.79 Å². The summed E-state index contributed by atoms with van der Waals surface area (Å²) in [6.45, 7) is 6.39. The van der Waals surface area contributed by atoms with Gasteiger partial charge in [0.2, 0.25) is 0 Å². The standard InChI is InChI=1S/C19H29N5O/c1-3-21-19(22-14-8-10-24(11-9-14)18(20)25)23-17-12-16(17)15-7-5-4-6-13(15)2/h4-7,14,16-17H,3,8-12H2,1-2H3,(H2,20,25)(H2,21,22,23). The molecule has 2 unspecified atom stereocenters. The van der Waals surface area contributed by atoms with Gasteiger partial charge in [-0.25, -0.2) is 4.79 Å². The van der Waals surface area contributed by atoms with Gasteiger partial charge in [0.15, 0.2) is 5.96 Å². The zero-order chi connectivity index (χ0) is 17.8. The Morgan fingerprint density at radius 1 is 1.28 bits per heavy atom. The monoisotopic (exact) mass is 343 g/mol. The predicted octanol–water partition coefficient (Wildman–Crippen LogP) is 1.95. The van der Waals surface area contributed by atoms with Crippen molar-refractivity contribution in [3.8, 4) is 0 Å². The number of nitrogens with zero attached hydrogens (tertiary/aromatic N) is 2. The molecule has 0 bridgehead atoms. The highest BCUT2D eigenvalue weighted by Gasteiger charge is 2.40. The van der Waals surface area contributed by atoms with Gasteiger partial charge in [-0.15, -0.1) is 0 Å². The summed E-state index contributed by atoms with van der Waals surface area (Å²) >= 11 is 0. The van der Waals surface area contributed by atoms with Crippen LogP contribution in [0.15, 0.2) is 29.3 Å². The van der Waals surface area contributed by atoms with Crippen molar-refractivity contribution in [3.63, 3.8) is 0 Å². The first-order chi connectivity index (χ1) is 12.1. The van der Waals surface area contributed by atoms with Gasteiger partial charge in [0.05, 0.1) is 0 Å². The first-order valence-corrected chi connectivity index (χ1v) is 9.26. The van der Waals surface area contributed by atoms with Crippen molar-refractivity contribution in [1.29, 1.82) is 0 Å². The molecule has 136 valence electrons. The van der Waals surface area contributed by atoms with E-state index < -0.39 is 0 Å². The Kier molecular flexibility index (Phi) is 5.46. The van der Waals surface area contributed by atoms with Crippen molar-refractivity contribution in [1.82, 2.24) is 15.5 Å². The number of amides is 2. The van der Waals surface area contributed by atoms with Crippen molar-refractivity contribution >= 4 is 12.0 Å². The first kappa shape index (κ1) is 17.6. The van der Waals surface area contributed by atoms with Crippen LogP contribution < -0.4 is 16.4 Å². The molecule has 0 radical (unpaired) electrons. The second kappa shape index (κ2) is 7.76. The molecule has 1 aromatic carbocycles. The van der Waals surface area contributed by atoms with Crippen molar-refractivity contribution in [2.24, 2.45) is 10.7 Å². The zero-order valence-electron chi connectivity index (χ0n) is 15.2. The van der Waals surface area contributed by atoms with Gasteiger partial charge < -0.3 is 21.3 Å². The van der Waals surface area contributed by atoms with Crippen LogP contribution in [0, 0.1) is 6.92 Å². The second-order valence-corrected chi connectivity index (χ2v) is 7.02. The van der Waals surface area contributed by atoms with Gasteiger partial charge in [-0.2, -0.15) is 0 Å². The summed E-state index contributed by atoms with van der Waals surface area (Å²) in [5.74, 6) is 1.46. The predicted molar refractivity (Wildman–Crippen MR) is 101 cm³/mol. The highest BCUT2D eigenvalue weighted by Crippen LogP contribution is 2.42. The number of hydrogen-bond acceptors (Lipinski definition) is 2. The molecule has 0 spiro atoms. The van der Waals surface area contributed by atoms with E-state index in [9.17, 15) is 4.79 Å². The Hall–Kier alpha value is -2.24. The third kappa shape index (κ3) is 4.44. The number of nitrogens with one attached hydrogen (secondary N) is 2. The molecule has 1 saturated carbocycles. The summed E-state index contributed by atoms with van der Waals surface area (Å²) < 4.78 is 0. The van der Waals surface area contributed by atoms with Gasteiger partial charge in [0.1, 0.15) is 0 Å². The number of guanidine groups is 1. The number of likely N-dealkylation sites (tertiary alicyclic amines) is 1. The van der Waals surface area contributed by atoms with Gasteiger partial charge in [-0.05, 0) is 44.2 Å². The molecule has 0 aromatic heterocycles. The average molecular weight is 343 g/mol. The number of rotatable bonds is 4. The van der Waals surface area contributed by atoms with E-state index in [-0.39, 0.29) is 6.03 Å². The molecule has 1 aromatic rings. The van der Waals surface area contributed by atoms with Crippen molar-refractivity contribution in [2.75, 3.05) is 19.6 Å². The molecule has 1 heterocycles. The molecule has 1 saturated heterocycles. The molecular weight excluding hydrogens is 314 g/mol. The van der Waals surface area contributed by atoms with Crippen LogP contribution in [-0.4, -0.2) is 48.6 Å². The molecule has 2 aliphatic rings. The quantitative estimate of drug-likeness (QED) is 0.577. The Morgan fingerprint density at radius 3 is 2.64 bits per heavy atom. The summed E-state index contributed by atoms with van der Waals surface area (Å²) in [6, 6.07) is 9.07. The number of carbonyl (C=O) groups is 1. The number of carbonyl (C=O) groups excluding carboxylic acids is 1. The minimum Gasteiger partial charge on any atom is -0.354 e. The molecule has 6 nitrogen and oxygen atoms in total. The number of piperidine rings is 1. The van der Waals surface area contributed by atoms with Crippen molar-refractivity contribution in [3.05, 3.63) is 35.4 Å². The topological polar surface area (TPSA) is 82.8 Å². The summed E-state index contributed by atoms with van der Waals surface area (Å²) in [5.41, 5.74) is 8.14. The maximum atomic E-state index is 11.2. The van der Waals surface area contributed by atoms with E-state index in [2.05, 4.69) is 46.8 Å². The fourth-order valence-corrected chi connectivity index (χ4v) is 3.61. The SMILES string of the molecule is CCN=C(NC1CCN(C(N)=O)CC1)NC1CC1c1ccccc1C. The van der Waals surface area contributed by atoms with Gasteiger partial charge >= 0.3 is 6.03 Å². The van der Waals surface area contributed by atoms with E-state index in [4.69, 9.17) is 5.73 Å². The van der Waals surface area contributed by atoms with E-state index in [1.54, 1.807) is 4.90 Å². The molecule has 1 aliphatic carbocycles. The van der Waals surface area contributed by atoms with Crippen molar-refractivity contribution < 1.29 is 4.79 Å². The van der Waals surface area contributed by atoms with Crippen molar-refractivity contribution in [2.45, 2.75) is 51.1 Å². The Labute approximate surface area is 149 Å². The fraction of sp³-hybridized carbons (Fsp3) is 0.579. The van der Waals surface area contributed by atoms with Crippen LogP contribution in [-0.2, 0) is 0 Å². The summed E-state index contributed by atoms with van der Waals surface area (Å²) in [4.78, 5) is 17.5. The third-order valence-corrected chi connectivity index (χ3v) is 5.16. The van der Waals surface area contributed by atoms with Gasteiger partial charge in [0, 0.05) is 37.6 Å². The van der Waals surface area contributed by atoms with E-state index in [1.165, 1.54) is 11.1 Å². The number of primary amides is 1. The lowest BCUT2D eigenvalue weighted by atomic mass is 10.0. The van der Waals surface area contributed by atoms with Crippen LogP contribution >= 0.6 is 0 Å². The molecule has 1 aliphatic heterocycles. The molecule has 3 rings (SSSR count). The maximum absolute atomic E-state index is 11.2. The summed E-state index contributed by atoms with van der Waals surface area (Å²) in [5, 5.41) is 7.12. The van der Waals surface area contributed by atoms with E-state index in [0.717, 1.165) is 31.8 Å². The molecule has 2 fully saturated rings. The summed E-state index contributed by atoms with van der Waals surface area (Å²) in [7, 11) is 0. The minimum absolute atomic E-state index is 0.321. The molecule has 4 N–H and O–H groups in total. The van der Waals surface area contributed by atoms with Crippen LogP contribution in [0.5, 0.6) is 0 Å². The number of nitrogens with two attached hydrogens (primary N) is 1. The fourth-order valence-electron chi connectivity index (χ4n) is 3.61. The van der Waals surface area contributed by atoms with Crippen LogP contribution in [0.25, 0.3) is 0 Å². The first-order valence-electron chi connectivity index (χ1n) is 9.26. The van der Waals surface area contributed by atoms with E-state index >= 15 is 0 Å². The zero-order valence-corrected chi connectivity index (χ0v) is 15.2. The lowest BCUT2D eigenvalue weighted by Gasteiger charge is -2.32. The van der Waals surface area contributed by atoms with Crippen LogP contribution in [0.3, 0.4) is 0 Å². The highest BCUT2D eigenvalue weighted by atomic mass is 16.2. The largest absolute Gasteiger partial charge is 0.354 e. The van der Waals surface area contributed by atoms with E-state index in [1.807, 2.05) is 6.92 Å². The lowest BCUT2D eigenvalue weighted by molar-refractivity contribution is 0.188. The van der Waals surface area contributed by atoms with E-state index in [0.29, 0.717) is 31.1 Å². The van der Waals surface area contributed by atoms with Crippen LogP contribution in [0.1, 0.15) is 43.2 Å².